The highest BCUT2D eigenvalue weighted by Gasteiger charge is 2.21. The Morgan fingerprint density at radius 1 is 1.42 bits per heavy atom. The lowest BCUT2D eigenvalue weighted by Gasteiger charge is -2.22. The van der Waals surface area contributed by atoms with E-state index < -0.39 is 0 Å². The van der Waals surface area contributed by atoms with Crippen LogP contribution in [0.3, 0.4) is 0 Å². The molecule has 4 nitrogen and oxygen atoms in total. The second-order valence-electron chi connectivity index (χ2n) is 5.67. The number of carbonyl (C=O) groups is 1. The highest BCUT2D eigenvalue weighted by Crippen LogP contribution is 2.22. The van der Waals surface area contributed by atoms with Crippen LogP contribution in [-0.4, -0.2) is 22.3 Å². The Bertz CT molecular complexity index is 485. The molecule has 0 saturated carbocycles. The second kappa shape index (κ2) is 5.59. The van der Waals surface area contributed by atoms with Crippen LogP contribution in [0.4, 0.5) is 5.69 Å². The van der Waals surface area contributed by atoms with E-state index in [2.05, 4.69) is 11.9 Å². The fourth-order valence-electron chi connectivity index (χ4n) is 2.47. The maximum absolute atomic E-state index is 12.1. The van der Waals surface area contributed by atoms with Crippen LogP contribution >= 0.6 is 0 Å². The smallest absolute Gasteiger partial charge is 0.222 e. The van der Waals surface area contributed by atoms with Crippen LogP contribution in [0.15, 0.2) is 6.20 Å². The molecule has 1 aliphatic rings. The molecule has 104 valence electrons. The first-order valence-corrected chi connectivity index (χ1v) is 6.97. The monoisotopic (exact) mass is 261 g/mol. The summed E-state index contributed by atoms with van der Waals surface area (Å²) in [4.78, 5) is 18.5. The van der Waals surface area contributed by atoms with Crippen LogP contribution in [0.25, 0.3) is 0 Å². The summed E-state index contributed by atoms with van der Waals surface area (Å²) in [6, 6.07) is 0. The Balaban J connectivity index is 2.16. The molecule has 0 aliphatic carbocycles. The highest BCUT2D eigenvalue weighted by molar-refractivity contribution is 5.76. The summed E-state index contributed by atoms with van der Waals surface area (Å²) in [5, 5.41) is 0. The predicted octanol–water partition coefficient (Wildman–Crippen LogP) is 2.43. The van der Waals surface area contributed by atoms with Crippen LogP contribution in [0, 0.1) is 19.8 Å². The molecule has 1 aliphatic heterocycles. The van der Waals surface area contributed by atoms with Gasteiger partial charge in [-0.05, 0) is 43.7 Å². The van der Waals surface area contributed by atoms with Crippen molar-refractivity contribution in [1.82, 2.24) is 9.88 Å². The molecule has 19 heavy (non-hydrogen) atoms. The van der Waals surface area contributed by atoms with E-state index in [4.69, 9.17) is 5.73 Å². The van der Waals surface area contributed by atoms with Crippen LogP contribution in [0.2, 0.25) is 0 Å². The van der Waals surface area contributed by atoms with Crippen molar-refractivity contribution in [2.75, 3.05) is 12.3 Å². The van der Waals surface area contributed by atoms with Crippen LogP contribution in [-0.2, 0) is 11.3 Å². The minimum Gasteiger partial charge on any atom is -0.398 e. The van der Waals surface area contributed by atoms with E-state index in [9.17, 15) is 4.79 Å². The average molecular weight is 261 g/mol. The predicted molar refractivity (Wildman–Crippen MR) is 76.6 cm³/mol. The molecule has 2 rings (SSSR count). The number of nitrogens with two attached hydrogens (primary N) is 1. The van der Waals surface area contributed by atoms with E-state index in [-0.39, 0.29) is 5.91 Å². The molecule has 1 fully saturated rings. The summed E-state index contributed by atoms with van der Waals surface area (Å²) in [5.41, 5.74) is 9.75. The van der Waals surface area contributed by atoms with Crippen molar-refractivity contribution >= 4 is 11.6 Å². The number of hydrogen-bond acceptors (Lipinski definition) is 3. The molecule has 1 unspecified atom stereocenters. The molecule has 2 N–H and O–H groups in total. The van der Waals surface area contributed by atoms with Gasteiger partial charge in [0.25, 0.3) is 0 Å². The molecule has 1 amide bonds. The molecule has 0 spiro atoms. The number of aryl methyl sites for hydroxylation is 1. The van der Waals surface area contributed by atoms with Crippen molar-refractivity contribution in [3.8, 4) is 0 Å². The van der Waals surface area contributed by atoms with Crippen molar-refractivity contribution < 1.29 is 4.79 Å². The lowest BCUT2D eigenvalue weighted by Crippen LogP contribution is -2.30. The fraction of sp³-hybridized carbons (Fsp3) is 0.600. The van der Waals surface area contributed by atoms with Gasteiger partial charge in [-0.2, -0.15) is 0 Å². The number of hydrogen-bond donors (Lipinski definition) is 1. The second-order valence-corrected chi connectivity index (χ2v) is 5.67. The zero-order chi connectivity index (χ0) is 14.0. The molecule has 1 saturated heterocycles. The van der Waals surface area contributed by atoms with E-state index in [0.717, 1.165) is 41.9 Å². The summed E-state index contributed by atoms with van der Waals surface area (Å²) in [7, 11) is 0. The first-order chi connectivity index (χ1) is 8.99. The minimum absolute atomic E-state index is 0.240. The van der Waals surface area contributed by atoms with Crippen LogP contribution in [0.5, 0.6) is 0 Å². The van der Waals surface area contributed by atoms with Gasteiger partial charge in [-0.1, -0.05) is 6.92 Å². The van der Waals surface area contributed by atoms with E-state index >= 15 is 0 Å². The van der Waals surface area contributed by atoms with Crippen molar-refractivity contribution in [1.29, 1.82) is 0 Å². The molecule has 1 aromatic rings. The average Bonchev–Trinajstić information content (AvgIpc) is 2.54. The van der Waals surface area contributed by atoms with Gasteiger partial charge < -0.3 is 10.6 Å². The Kier molecular flexibility index (Phi) is 4.08. The number of pyridine rings is 1. The number of amides is 1. The van der Waals surface area contributed by atoms with Crippen molar-refractivity contribution in [3.05, 3.63) is 23.0 Å². The van der Waals surface area contributed by atoms with Crippen molar-refractivity contribution in [3.63, 3.8) is 0 Å². The molecule has 2 heterocycles. The third kappa shape index (κ3) is 3.06. The SMILES string of the molecule is Cc1cnc(CN2CCC(C)CCC2=O)c(C)c1N. The molecule has 0 aromatic carbocycles. The van der Waals surface area contributed by atoms with Gasteiger partial charge in [-0.25, -0.2) is 0 Å². The highest BCUT2D eigenvalue weighted by atomic mass is 16.2. The third-order valence-corrected chi connectivity index (χ3v) is 4.11. The summed E-state index contributed by atoms with van der Waals surface area (Å²) in [6.07, 6.45) is 4.52. The van der Waals surface area contributed by atoms with Crippen LogP contribution < -0.4 is 5.73 Å². The van der Waals surface area contributed by atoms with E-state index in [0.29, 0.717) is 18.9 Å². The normalized spacial score (nSPS) is 20.5. The molecule has 1 aromatic heterocycles. The molecular formula is C15H23N3O. The van der Waals surface area contributed by atoms with Gasteiger partial charge in [-0.3, -0.25) is 9.78 Å². The summed E-state index contributed by atoms with van der Waals surface area (Å²) < 4.78 is 0. The summed E-state index contributed by atoms with van der Waals surface area (Å²) >= 11 is 0. The largest absolute Gasteiger partial charge is 0.398 e. The van der Waals surface area contributed by atoms with Gasteiger partial charge in [0.1, 0.15) is 0 Å². The Morgan fingerprint density at radius 2 is 2.16 bits per heavy atom. The number of nitrogens with zero attached hydrogens (tertiary/aromatic N) is 2. The standard InChI is InChI=1S/C15H23N3O/c1-10-4-5-14(19)18(7-6-10)9-13-12(3)15(16)11(2)8-17-13/h8,10H,4-7,9H2,1-3H3,(H2,16,17). The summed E-state index contributed by atoms with van der Waals surface area (Å²) in [6.45, 7) is 7.56. The number of nitrogen functional groups attached to an aromatic ring is 1. The summed E-state index contributed by atoms with van der Waals surface area (Å²) in [5.74, 6) is 0.871. The fourth-order valence-corrected chi connectivity index (χ4v) is 2.47. The number of carbonyl (C=O) groups excluding carboxylic acids is 1. The lowest BCUT2D eigenvalue weighted by molar-refractivity contribution is -0.131. The minimum atomic E-state index is 0.240. The number of anilines is 1. The van der Waals surface area contributed by atoms with E-state index in [1.54, 1.807) is 6.20 Å². The van der Waals surface area contributed by atoms with E-state index in [1.807, 2.05) is 18.7 Å². The molecule has 0 radical (unpaired) electrons. The van der Waals surface area contributed by atoms with Gasteiger partial charge in [0.05, 0.1) is 12.2 Å². The van der Waals surface area contributed by atoms with Gasteiger partial charge >= 0.3 is 0 Å². The van der Waals surface area contributed by atoms with Gasteiger partial charge in [-0.15, -0.1) is 0 Å². The topological polar surface area (TPSA) is 59.2 Å². The Morgan fingerprint density at radius 3 is 2.89 bits per heavy atom. The molecular weight excluding hydrogens is 238 g/mol. The first kappa shape index (κ1) is 13.8. The first-order valence-electron chi connectivity index (χ1n) is 6.97. The van der Waals surface area contributed by atoms with Gasteiger partial charge in [0.2, 0.25) is 5.91 Å². The third-order valence-electron chi connectivity index (χ3n) is 4.11. The van der Waals surface area contributed by atoms with E-state index in [1.165, 1.54) is 0 Å². The Hall–Kier alpha value is -1.58. The zero-order valence-electron chi connectivity index (χ0n) is 12.1. The number of likely N-dealkylation sites (tertiary alicyclic amines) is 1. The Labute approximate surface area is 115 Å². The van der Waals surface area contributed by atoms with Crippen LogP contribution in [0.1, 0.15) is 43.0 Å². The quantitative estimate of drug-likeness (QED) is 0.889. The van der Waals surface area contributed by atoms with Gasteiger partial charge in [0.15, 0.2) is 0 Å². The molecule has 0 bridgehead atoms. The number of aromatic nitrogens is 1. The maximum Gasteiger partial charge on any atom is 0.222 e. The molecule has 1 atom stereocenters. The van der Waals surface area contributed by atoms with Crippen molar-refractivity contribution in [2.24, 2.45) is 5.92 Å². The lowest BCUT2D eigenvalue weighted by atomic mass is 10.0. The molecule has 4 heteroatoms. The van der Waals surface area contributed by atoms with Gasteiger partial charge in [0, 0.05) is 24.8 Å². The van der Waals surface area contributed by atoms with Crippen molar-refractivity contribution in [2.45, 2.75) is 46.6 Å². The zero-order valence-corrected chi connectivity index (χ0v) is 12.1. The number of rotatable bonds is 2. The maximum atomic E-state index is 12.1.